The van der Waals surface area contributed by atoms with Gasteiger partial charge >= 0.3 is 5.69 Å². The molecule has 0 atom stereocenters. The van der Waals surface area contributed by atoms with E-state index in [0.29, 0.717) is 0 Å². The topological polar surface area (TPSA) is 90.6 Å². The maximum absolute atomic E-state index is 11.1. The van der Waals surface area contributed by atoms with Gasteiger partial charge < -0.3 is 5.32 Å². The molecule has 0 bridgehead atoms. The molecule has 1 aliphatic carbocycles. The third kappa shape index (κ3) is 2.21. The first-order chi connectivity index (χ1) is 6.75. The molecular formula is C8H12N4O2. The van der Waals surface area contributed by atoms with Crippen molar-refractivity contribution in [2.24, 2.45) is 5.92 Å². The lowest BCUT2D eigenvalue weighted by molar-refractivity contribution is 0.752. The first-order valence-corrected chi connectivity index (χ1v) is 4.68. The van der Waals surface area contributed by atoms with Gasteiger partial charge in [0.15, 0.2) is 0 Å². The van der Waals surface area contributed by atoms with Crippen molar-refractivity contribution in [3.05, 3.63) is 20.8 Å². The minimum absolute atomic E-state index is 0.185. The number of hydrogen-bond acceptors (Lipinski definition) is 4. The van der Waals surface area contributed by atoms with Crippen LogP contribution in [0, 0.1) is 5.92 Å². The molecule has 6 nitrogen and oxygen atoms in total. The van der Waals surface area contributed by atoms with Crippen molar-refractivity contribution in [3.63, 3.8) is 0 Å². The van der Waals surface area contributed by atoms with Gasteiger partial charge in [-0.25, -0.2) is 9.89 Å². The molecule has 0 aromatic carbocycles. The van der Waals surface area contributed by atoms with Crippen molar-refractivity contribution in [1.82, 2.24) is 15.2 Å². The smallest absolute Gasteiger partial charge is 0.342 e. The fourth-order valence-corrected chi connectivity index (χ4v) is 1.27. The van der Waals surface area contributed by atoms with Gasteiger partial charge in [-0.1, -0.05) is 12.8 Å². The van der Waals surface area contributed by atoms with Crippen molar-refractivity contribution in [2.45, 2.75) is 19.3 Å². The van der Waals surface area contributed by atoms with Gasteiger partial charge in [-0.2, -0.15) is 0 Å². The van der Waals surface area contributed by atoms with E-state index in [2.05, 4.69) is 20.5 Å². The van der Waals surface area contributed by atoms with Gasteiger partial charge in [0.1, 0.15) is 0 Å². The summed E-state index contributed by atoms with van der Waals surface area (Å²) < 4.78 is 0. The van der Waals surface area contributed by atoms with Gasteiger partial charge in [-0.15, -0.1) is 5.10 Å². The lowest BCUT2D eigenvalue weighted by Crippen LogP contribution is -2.27. The zero-order chi connectivity index (χ0) is 9.97. The average molecular weight is 196 g/mol. The normalized spacial score (nSPS) is 15.4. The molecule has 6 heteroatoms. The van der Waals surface area contributed by atoms with Crippen LogP contribution in [-0.2, 0) is 0 Å². The monoisotopic (exact) mass is 196 g/mol. The van der Waals surface area contributed by atoms with Crippen molar-refractivity contribution in [2.75, 3.05) is 11.9 Å². The number of aromatic amines is 2. The summed E-state index contributed by atoms with van der Waals surface area (Å²) in [5.74, 6) is 0.995. The SMILES string of the molecule is O=c1[nH]nc(NCCC2CC2)c(=O)[nH]1. The third-order valence-corrected chi connectivity index (χ3v) is 2.25. The van der Waals surface area contributed by atoms with Crippen LogP contribution in [0.4, 0.5) is 5.82 Å². The highest BCUT2D eigenvalue weighted by atomic mass is 16.2. The van der Waals surface area contributed by atoms with Gasteiger partial charge in [0.25, 0.3) is 5.56 Å². The van der Waals surface area contributed by atoms with Crippen molar-refractivity contribution < 1.29 is 0 Å². The fraction of sp³-hybridized carbons (Fsp3) is 0.625. The van der Waals surface area contributed by atoms with Crippen LogP contribution in [0.1, 0.15) is 19.3 Å². The molecule has 14 heavy (non-hydrogen) atoms. The number of anilines is 1. The molecule has 0 radical (unpaired) electrons. The molecule has 2 rings (SSSR count). The van der Waals surface area contributed by atoms with Crippen LogP contribution in [0.15, 0.2) is 9.59 Å². The molecule has 0 unspecified atom stereocenters. The molecule has 0 saturated heterocycles. The highest BCUT2D eigenvalue weighted by Gasteiger charge is 2.20. The van der Waals surface area contributed by atoms with Crippen LogP contribution >= 0.6 is 0 Å². The van der Waals surface area contributed by atoms with Crippen LogP contribution < -0.4 is 16.6 Å². The largest absolute Gasteiger partial charge is 0.364 e. The summed E-state index contributed by atoms with van der Waals surface area (Å²) in [6, 6.07) is 0. The Labute approximate surface area is 79.8 Å². The number of nitrogens with one attached hydrogen (secondary N) is 3. The number of aromatic nitrogens is 3. The maximum Gasteiger partial charge on any atom is 0.342 e. The van der Waals surface area contributed by atoms with Gasteiger partial charge in [-0.3, -0.25) is 9.78 Å². The molecule has 1 saturated carbocycles. The summed E-state index contributed by atoms with van der Waals surface area (Å²) >= 11 is 0. The Bertz CT molecular complexity index is 418. The summed E-state index contributed by atoms with van der Waals surface area (Å²) in [4.78, 5) is 23.9. The van der Waals surface area contributed by atoms with Crippen molar-refractivity contribution in [3.8, 4) is 0 Å². The first kappa shape index (κ1) is 8.98. The maximum atomic E-state index is 11.1. The molecule has 0 amide bonds. The lowest BCUT2D eigenvalue weighted by atomic mass is 10.3. The molecule has 1 aromatic heterocycles. The van der Waals surface area contributed by atoms with E-state index in [1.54, 1.807) is 0 Å². The van der Waals surface area contributed by atoms with Crippen LogP contribution in [0.2, 0.25) is 0 Å². The Morgan fingerprint density at radius 3 is 2.86 bits per heavy atom. The fourth-order valence-electron chi connectivity index (χ4n) is 1.27. The van der Waals surface area contributed by atoms with E-state index in [1.807, 2.05) is 0 Å². The zero-order valence-electron chi connectivity index (χ0n) is 7.67. The number of H-pyrrole nitrogens is 2. The molecule has 0 aliphatic heterocycles. The number of rotatable bonds is 4. The predicted octanol–water partition coefficient (Wildman–Crippen LogP) is -0.330. The van der Waals surface area contributed by atoms with E-state index in [4.69, 9.17) is 0 Å². The molecular weight excluding hydrogens is 184 g/mol. The van der Waals surface area contributed by atoms with E-state index in [1.165, 1.54) is 12.8 Å². The van der Waals surface area contributed by atoms with Crippen LogP contribution in [0.25, 0.3) is 0 Å². The van der Waals surface area contributed by atoms with Gasteiger partial charge in [0.2, 0.25) is 5.82 Å². The van der Waals surface area contributed by atoms with Crippen molar-refractivity contribution >= 4 is 5.82 Å². The number of hydrogen-bond donors (Lipinski definition) is 3. The molecule has 1 fully saturated rings. The molecule has 3 N–H and O–H groups in total. The quantitative estimate of drug-likeness (QED) is 0.615. The second kappa shape index (κ2) is 3.65. The average Bonchev–Trinajstić information content (AvgIpc) is 2.92. The second-order valence-electron chi connectivity index (χ2n) is 3.51. The molecule has 76 valence electrons. The molecule has 0 spiro atoms. The Morgan fingerprint density at radius 2 is 2.21 bits per heavy atom. The highest BCUT2D eigenvalue weighted by Crippen LogP contribution is 2.31. The Morgan fingerprint density at radius 1 is 1.43 bits per heavy atom. The molecule has 1 aromatic rings. The van der Waals surface area contributed by atoms with E-state index < -0.39 is 11.2 Å². The minimum Gasteiger partial charge on any atom is -0.364 e. The van der Waals surface area contributed by atoms with E-state index in [0.717, 1.165) is 18.9 Å². The predicted molar refractivity (Wildman–Crippen MR) is 51.3 cm³/mol. The summed E-state index contributed by atoms with van der Waals surface area (Å²) in [7, 11) is 0. The second-order valence-corrected chi connectivity index (χ2v) is 3.51. The summed E-state index contributed by atoms with van der Waals surface area (Å²) in [5, 5.41) is 8.66. The van der Waals surface area contributed by atoms with Crippen LogP contribution in [0.3, 0.4) is 0 Å². The zero-order valence-corrected chi connectivity index (χ0v) is 7.67. The van der Waals surface area contributed by atoms with Gasteiger partial charge in [0, 0.05) is 6.54 Å². The summed E-state index contributed by atoms with van der Waals surface area (Å²) in [6.07, 6.45) is 3.63. The lowest BCUT2D eigenvalue weighted by Gasteiger charge is -2.01. The van der Waals surface area contributed by atoms with E-state index in [9.17, 15) is 9.59 Å². The Kier molecular flexibility index (Phi) is 2.34. The van der Waals surface area contributed by atoms with Gasteiger partial charge in [-0.05, 0) is 12.3 Å². The first-order valence-electron chi connectivity index (χ1n) is 4.68. The van der Waals surface area contributed by atoms with Crippen molar-refractivity contribution in [1.29, 1.82) is 0 Å². The van der Waals surface area contributed by atoms with Crippen LogP contribution in [0.5, 0.6) is 0 Å². The third-order valence-electron chi connectivity index (χ3n) is 2.25. The highest BCUT2D eigenvalue weighted by molar-refractivity contribution is 5.28. The molecule has 1 aliphatic rings. The van der Waals surface area contributed by atoms with E-state index >= 15 is 0 Å². The summed E-state index contributed by atoms with van der Waals surface area (Å²) in [6.45, 7) is 0.729. The van der Waals surface area contributed by atoms with Crippen LogP contribution in [-0.4, -0.2) is 21.7 Å². The van der Waals surface area contributed by atoms with E-state index in [-0.39, 0.29) is 5.82 Å². The minimum atomic E-state index is -0.581. The summed E-state index contributed by atoms with van der Waals surface area (Å²) in [5.41, 5.74) is -1.05. The van der Waals surface area contributed by atoms with Gasteiger partial charge in [0.05, 0.1) is 0 Å². The Hall–Kier alpha value is -1.59. The number of nitrogens with zero attached hydrogens (tertiary/aromatic N) is 1. The molecule has 1 heterocycles. The Balaban J connectivity index is 1.94. The standard InChI is InChI=1S/C8H12N4O2/c13-7-6(11-12-8(14)10-7)9-4-3-5-1-2-5/h5H,1-4H2,(H,9,11)(H2,10,12,13,14).